The van der Waals surface area contributed by atoms with Gasteiger partial charge in [0.1, 0.15) is 5.69 Å². The predicted molar refractivity (Wildman–Crippen MR) is 141 cm³/mol. The number of anilines is 1. The van der Waals surface area contributed by atoms with E-state index < -0.39 is 0 Å². The summed E-state index contributed by atoms with van der Waals surface area (Å²) < 4.78 is 8.46. The van der Waals surface area contributed by atoms with Crippen molar-refractivity contribution in [2.75, 3.05) is 17.3 Å². The number of aromatic nitrogens is 2. The normalized spacial score (nSPS) is 13.1. The molecule has 2 aromatic carbocycles. The molecule has 9 nitrogen and oxygen atoms in total. The summed E-state index contributed by atoms with van der Waals surface area (Å²) in [5.74, 6) is -0.659. The van der Waals surface area contributed by atoms with Gasteiger partial charge >= 0.3 is 5.97 Å². The van der Waals surface area contributed by atoms with Gasteiger partial charge in [0.05, 0.1) is 23.6 Å². The predicted octanol–water partition coefficient (Wildman–Crippen LogP) is 4.23. The number of esters is 1. The maximum absolute atomic E-state index is 13.1. The third kappa shape index (κ3) is 5.10. The Hall–Kier alpha value is -4.44. The summed E-state index contributed by atoms with van der Waals surface area (Å²) in [7, 11) is 1.81. The van der Waals surface area contributed by atoms with E-state index in [4.69, 9.17) is 9.73 Å². The lowest BCUT2D eigenvalue weighted by Gasteiger charge is -2.18. The van der Waals surface area contributed by atoms with Crippen LogP contribution in [0.4, 0.5) is 11.4 Å². The van der Waals surface area contributed by atoms with Crippen LogP contribution in [0.2, 0.25) is 0 Å². The first kappa shape index (κ1) is 24.3. The SMILES string of the molecule is CCOC(=O)c1ccc(N=c2scc(-c3ccc4c(c3)CCC(=O)N4)n2NC(=O)c2cccn2C)cc1. The first-order valence-electron chi connectivity index (χ1n) is 11.8. The Kier molecular flexibility index (Phi) is 6.74. The van der Waals surface area contributed by atoms with Gasteiger partial charge in [-0.05, 0) is 67.4 Å². The van der Waals surface area contributed by atoms with Crippen molar-refractivity contribution in [3.05, 3.63) is 87.8 Å². The number of benzene rings is 2. The highest BCUT2D eigenvalue weighted by molar-refractivity contribution is 7.07. The van der Waals surface area contributed by atoms with Crippen molar-refractivity contribution >= 4 is 40.5 Å². The summed E-state index contributed by atoms with van der Waals surface area (Å²) in [6, 6.07) is 16.2. The van der Waals surface area contributed by atoms with Crippen LogP contribution in [-0.4, -0.2) is 33.6 Å². The van der Waals surface area contributed by atoms with Gasteiger partial charge in [-0.3, -0.25) is 15.0 Å². The summed E-state index contributed by atoms with van der Waals surface area (Å²) >= 11 is 1.38. The molecule has 1 aliphatic rings. The van der Waals surface area contributed by atoms with Gasteiger partial charge in [0.25, 0.3) is 5.91 Å². The largest absolute Gasteiger partial charge is 0.462 e. The second-order valence-corrected chi connectivity index (χ2v) is 9.32. The van der Waals surface area contributed by atoms with Crippen molar-refractivity contribution in [2.24, 2.45) is 12.0 Å². The molecule has 0 unspecified atom stereocenters. The topological polar surface area (TPSA) is 107 Å². The molecule has 2 amide bonds. The number of nitrogens with zero attached hydrogens (tertiary/aromatic N) is 3. The third-order valence-electron chi connectivity index (χ3n) is 6.00. The van der Waals surface area contributed by atoms with Crippen LogP contribution < -0.4 is 15.5 Å². The van der Waals surface area contributed by atoms with Crippen molar-refractivity contribution < 1.29 is 19.1 Å². The van der Waals surface area contributed by atoms with Crippen LogP contribution in [0.25, 0.3) is 11.3 Å². The quantitative estimate of drug-likeness (QED) is 0.375. The Labute approximate surface area is 217 Å². The molecule has 0 saturated heterocycles. The number of carbonyl (C=O) groups is 3. The number of thiazole rings is 1. The molecule has 0 fully saturated rings. The molecule has 0 bridgehead atoms. The van der Waals surface area contributed by atoms with Crippen molar-refractivity contribution in [3.8, 4) is 11.3 Å². The van der Waals surface area contributed by atoms with Crippen LogP contribution in [0, 0.1) is 0 Å². The molecule has 5 rings (SSSR count). The van der Waals surface area contributed by atoms with E-state index in [-0.39, 0.29) is 17.8 Å². The molecule has 0 spiro atoms. The van der Waals surface area contributed by atoms with E-state index in [9.17, 15) is 14.4 Å². The Morgan fingerprint density at radius 1 is 1.14 bits per heavy atom. The van der Waals surface area contributed by atoms with Gasteiger partial charge in [0.15, 0.2) is 0 Å². The Morgan fingerprint density at radius 2 is 1.95 bits per heavy atom. The molecule has 37 heavy (non-hydrogen) atoms. The highest BCUT2D eigenvalue weighted by atomic mass is 32.1. The Bertz CT molecular complexity index is 1560. The standard InChI is InChI=1S/C27H25N5O4S/c1-3-36-26(35)17-6-10-20(11-7-17)28-27-32(30-25(34)22-5-4-14-31(22)2)23(16-37-27)19-8-12-21-18(15-19)9-13-24(33)29-21/h4-8,10-12,14-16H,3,9,13H2,1-2H3,(H,29,33)(H,30,34). The zero-order chi connectivity index (χ0) is 25.9. The number of amides is 2. The average molecular weight is 516 g/mol. The van der Waals surface area contributed by atoms with Crippen molar-refractivity contribution in [1.29, 1.82) is 0 Å². The first-order chi connectivity index (χ1) is 17.9. The number of rotatable bonds is 6. The van der Waals surface area contributed by atoms with Crippen LogP contribution in [-0.2, 0) is 23.0 Å². The molecule has 0 aliphatic carbocycles. The van der Waals surface area contributed by atoms with E-state index in [0.29, 0.717) is 41.2 Å². The molecule has 2 N–H and O–H groups in total. The third-order valence-corrected chi connectivity index (χ3v) is 6.82. The lowest BCUT2D eigenvalue weighted by Crippen LogP contribution is -2.32. The highest BCUT2D eigenvalue weighted by Gasteiger charge is 2.18. The van der Waals surface area contributed by atoms with Crippen molar-refractivity contribution in [2.45, 2.75) is 19.8 Å². The van der Waals surface area contributed by atoms with E-state index in [2.05, 4.69) is 10.7 Å². The van der Waals surface area contributed by atoms with Crippen LogP contribution in [0.5, 0.6) is 0 Å². The summed E-state index contributed by atoms with van der Waals surface area (Å²) in [5, 5.41) is 4.83. The summed E-state index contributed by atoms with van der Waals surface area (Å²) in [4.78, 5) is 42.2. The lowest BCUT2D eigenvalue weighted by atomic mass is 9.99. The van der Waals surface area contributed by atoms with Crippen molar-refractivity contribution in [3.63, 3.8) is 0 Å². The minimum absolute atomic E-state index is 0.00994. The maximum Gasteiger partial charge on any atom is 0.338 e. The number of hydrogen-bond donors (Lipinski definition) is 2. The molecule has 0 atom stereocenters. The van der Waals surface area contributed by atoms with Gasteiger partial charge in [-0.1, -0.05) is 6.07 Å². The Balaban J connectivity index is 1.55. The molecule has 0 radical (unpaired) electrons. The van der Waals surface area contributed by atoms with Gasteiger partial charge < -0.3 is 14.6 Å². The Morgan fingerprint density at radius 3 is 2.68 bits per heavy atom. The van der Waals surface area contributed by atoms with E-state index >= 15 is 0 Å². The zero-order valence-corrected chi connectivity index (χ0v) is 21.2. The zero-order valence-electron chi connectivity index (χ0n) is 20.4. The summed E-state index contributed by atoms with van der Waals surface area (Å²) in [5.41, 5.74) is 8.04. The first-order valence-corrected chi connectivity index (χ1v) is 12.7. The molecule has 4 aromatic rings. The van der Waals surface area contributed by atoms with Gasteiger partial charge in [0, 0.05) is 36.3 Å². The van der Waals surface area contributed by atoms with Gasteiger partial charge in [-0.25, -0.2) is 14.5 Å². The molecule has 3 heterocycles. The van der Waals surface area contributed by atoms with Crippen molar-refractivity contribution in [1.82, 2.24) is 9.24 Å². The molecular weight excluding hydrogens is 490 g/mol. The minimum atomic E-state index is -0.388. The van der Waals surface area contributed by atoms with Gasteiger partial charge in [-0.15, -0.1) is 11.3 Å². The monoisotopic (exact) mass is 515 g/mol. The van der Waals surface area contributed by atoms with Gasteiger partial charge in [0.2, 0.25) is 10.7 Å². The second-order valence-electron chi connectivity index (χ2n) is 8.48. The van der Waals surface area contributed by atoms with Crippen LogP contribution in [0.1, 0.15) is 39.8 Å². The second kappa shape index (κ2) is 10.3. The number of hydrogen-bond acceptors (Lipinski definition) is 6. The number of aryl methyl sites for hydroxylation is 2. The van der Waals surface area contributed by atoms with E-state index in [1.165, 1.54) is 11.3 Å². The number of carbonyl (C=O) groups excluding carboxylic acids is 3. The molecule has 10 heteroatoms. The average Bonchev–Trinajstić information content (AvgIpc) is 3.50. The van der Waals surface area contributed by atoms with E-state index in [0.717, 1.165) is 22.5 Å². The molecule has 188 valence electrons. The lowest BCUT2D eigenvalue weighted by molar-refractivity contribution is -0.116. The van der Waals surface area contributed by atoms with Gasteiger partial charge in [-0.2, -0.15) is 0 Å². The van der Waals surface area contributed by atoms with Crippen LogP contribution >= 0.6 is 11.3 Å². The van der Waals surface area contributed by atoms with Crippen LogP contribution in [0.15, 0.2) is 71.2 Å². The number of fused-ring (bicyclic) bond motifs is 1. The maximum atomic E-state index is 13.1. The fraction of sp³-hybridized carbons (Fsp3) is 0.185. The fourth-order valence-corrected chi connectivity index (χ4v) is 4.96. The van der Waals surface area contributed by atoms with E-state index in [1.807, 2.05) is 42.9 Å². The number of nitrogens with one attached hydrogen (secondary N) is 2. The van der Waals surface area contributed by atoms with Crippen LogP contribution in [0.3, 0.4) is 0 Å². The fourth-order valence-electron chi connectivity index (χ4n) is 4.09. The molecule has 0 saturated carbocycles. The smallest absolute Gasteiger partial charge is 0.338 e. The highest BCUT2D eigenvalue weighted by Crippen LogP contribution is 2.29. The number of ether oxygens (including phenoxy) is 1. The minimum Gasteiger partial charge on any atom is -0.462 e. The van der Waals surface area contributed by atoms with E-state index in [1.54, 1.807) is 46.5 Å². The molecular formula is C27H25N5O4S. The molecule has 1 aliphatic heterocycles. The molecule has 2 aromatic heterocycles. The summed E-state index contributed by atoms with van der Waals surface area (Å²) in [6.45, 7) is 2.07. The summed E-state index contributed by atoms with van der Waals surface area (Å²) in [6.07, 6.45) is 2.90.